The molecule has 2 heterocycles. The third kappa shape index (κ3) is 3.28. The summed E-state index contributed by atoms with van der Waals surface area (Å²) in [5, 5.41) is 14.0. The first-order valence-corrected chi connectivity index (χ1v) is 9.27. The van der Waals surface area contributed by atoms with Crippen molar-refractivity contribution in [1.29, 1.82) is 0 Å². The SMILES string of the molecule is COc1ccccc1-c1ccc2nnc(SCc3ccc(C)cc3)n2n1. The largest absolute Gasteiger partial charge is 0.496 e. The van der Waals surface area contributed by atoms with Gasteiger partial charge in [0, 0.05) is 11.3 Å². The molecule has 0 aliphatic heterocycles. The molecule has 0 N–H and O–H groups in total. The van der Waals surface area contributed by atoms with Crippen LogP contribution in [0.4, 0.5) is 0 Å². The van der Waals surface area contributed by atoms with E-state index in [0.717, 1.165) is 33.6 Å². The van der Waals surface area contributed by atoms with Crippen LogP contribution in [0.15, 0.2) is 65.8 Å². The Bertz CT molecular complexity index is 1040. The van der Waals surface area contributed by atoms with E-state index < -0.39 is 0 Å². The number of aryl methyl sites for hydroxylation is 1. The van der Waals surface area contributed by atoms with Crippen molar-refractivity contribution in [2.75, 3.05) is 7.11 Å². The summed E-state index contributed by atoms with van der Waals surface area (Å²) in [5.41, 5.74) is 5.01. The highest BCUT2D eigenvalue weighted by atomic mass is 32.2. The molecule has 2 aromatic heterocycles. The molecule has 2 aromatic carbocycles. The normalized spacial score (nSPS) is 11.0. The van der Waals surface area contributed by atoms with Crippen LogP contribution in [0.2, 0.25) is 0 Å². The van der Waals surface area contributed by atoms with Gasteiger partial charge in [-0.05, 0) is 36.8 Å². The minimum absolute atomic E-state index is 0.732. The maximum absolute atomic E-state index is 5.45. The summed E-state index contributed by atoms with van der Waals surface area (Å²) in [4.78, 5) is 0. The van der Waals surface area contributed by atoms with Gasteiger partial charge < -0.3 is 4.74 Å². The minimum Gasteiger partial charge on any atom is -0.496 e. The Balaban J connectivity index is 1.65. The molecule has 6 heteroatoms. The summed E-state index contributed by atoms with van der Waals surface area (Å²) in [5.74, 6) is 1.61. The van der Waals surface area contributed by atoms with Gasteiger partial charge >= 0.3 is 0 Å². The molecule has 4 aromatic rings. The van der Waals surface area contributed by atoms with Crippen LogP contribution >= 0.6 is 11.8 Å². The van der Waals surface area contributed by atoms with Crippen molar-refractivity contribution >= 4 is 17.4 Å². The van der Waals surface area contributed by atoms with E-state index in [4.69, 9.17) is 9.84 Å². The van der Waals surface area contributed by atoms with Gasteiger partial charge in [0.1, 0.15) is 5.75 Å². The number of nitrogens with zero attached hydrogens (tertiary/aromatic N) is 4. The molecule has 0 atom stereocenters. The summed E-state index contributed by atoms with van der Waals surface area (Å²) < 4.78 is 7.25. The molecule has 0 saturated carbocycles. The number of benzene rings is 2. The Morgan fingerprint density at radius 3 is 2.58 bits per heavy atom. The van der Waals surface area contributed by atoms with Gasteiger partial charge in [-0.3, -0.25) is 0 Å². The van der Waals surface area contributed by atoms with E-state index in [2.05, 4.69) is 41.4 Å². The molecule has 0 radical (unpaired) electrons. The lowest BCUT2D eigenvalue weighted by molar-refractivity contribution is 0.416. The predicted octanol–water partition coefficient (Wildman–Crippen LogP) is 4.40. The molecule has 0 bridgehead atoms. The van der Waals surface area contributed by atoms with Crippen LogP contribution in [-0.4, -0.2) is 26.9 Å². The number of rotatable bonds is 5. The molecular weight excluding hydrogens is 344 g/mol. The summed E-state index contributed by atoms with van der Waals surface area (Å²) in [7, 11) is 1.67. The summed E-state index contributed by atoms with van der Waals surface area (Å²) in [6.45, 7) is 2.09. The second-order valence-electron chi connectivity index (χ2n) is 5.95. The topological polar surface area (TPSA) is 52.3 Å². The Morgan fingerprint density at radius 2 is 1.77 bits per heavy atom. The van der Waals surface area contributed by atoms with Crippen LogP contribution < -0.4 is 4.74 Å². The molecule has 0 unspecified atom stereocenters. The van der Waals surface area contributed by atoms with Crippen LogP contribution in [0.25, 0.3) is 16.9 Å². The Kier molecular flexibility index (Phi) is 4.58. The van der Waals surface area contributed by atoms with Gasteiger partial charge in [-0.1, -0.05) is 53.7 Å². The first-order chi connectivity index (χ1) is 12.7. The maximum Gasteiger partial charge on any atom is 0.212 e. The smallest absolute Gasteiger partial charge is 0.212 e. The van der Waals surface area contributed by atoms with E-state index in [-0.39, 0.29) is 0 Å². The fraction of sp³-hybridized carbons (Fsp3) is 0.150. The van der Waals surface area contributed by atoms with Gasteiger partial charge in [-0.25, -0.2) is 0 Å². The van der Waals surface area contributed by atoms with E-state index in [0.29, 0.717) is 0 Å². The van der Waals surface area contributed by atoms with Crippen molar-refractivity contribution in [2.24, 2.45) is 0 Å². The maximum atomic E-state index is 5.45. The molecule has 0 aliphatic carbocycles. The predicted molar refractivity (Wildman–Crippen MR) is 104 cm³/mol. The first-order valence-electron chi connectivity index (χ1n) is 8.29. The van der Waals surface area contributed by atoms with Gasteiger partial charge in [0.15, 0.2) is 5.65 Å². The van der Waals surface area contributed by atoms with Crippen LogP contribution in [0.1, 0.15) is 11.1 Å². The average molecular weight is 362 g/mol. The van der Waals surface area contributed by atoms with E-state index in [1.807, 2.05) is 36.4 Å². The summed E-state index contributed by atoms with van der Waals surface area (Å²) >= 11 is 1.62. The highest BCUT2D eigenvalue weighted by Crippen LogP contribution is 2.29. The van der Waals surface area contributed by atoms with Gasteiger partial charge in [-0.15, -0.1) is 10.2 Å². The molecule has 130 valence electrons. The van der Waals surface area contributed by atoms with E-state index in [1.165, 1.54) is 11.1 Å². The average Bonchev–Trinajstić information content (AvgIpc) is 3.10. The number of thioether (sulfide) groups is 1. The third-order valence-electron chi connectivity index (χ3n) is 4.11. The molecule has 0 aliphatic rings. The number of para-hydroxylation sites is 1. The number of hydrogen-bond acceptors (Lipinski definition) is 5. The van der Waals surface area contributed by atoms with Crippen LogP contribution in [0, 0.1) is 6.92 Å². The molecule has 0 fully saturated rings. The molecular formula is C20H18N4OS. The standard InChI is InChI=1S/C20H18N4OS/c1-14-7-9-15(10-8-14)13-26-20-22-21-19-12-11-17(23-24(19)20)16-5-3-4-6-18(16)25-2/h3-12H,13H2,1-2H3. The molecule has 0 spiro atoms. The zero-order chi connectivity index (χ0) is 17.9. The second kappa shape index (κ2) is 7.17. The van der Waals surface area contributed by atoms with Gasteiger partial charge in [0.2, 0.25) is 5.16 Å². The second-order valence-corrected chi connectivity index (χ2v) is 6.89. The van der Waals surface area contributed by atoms with Gasteiger partial charge in [0.05, 0.1) is 12.8 Å². The highest BCUT2D eigenvalue weighted by Gasteiger charge is 2.12. The van der Waals surface area contributed by atoms with Crippen molar-refractivity contribution < 1.29 is 4.74 Å². The summed E-state index contributed by atoms with van der Waals surface area (Å²) in [6, 6.07) is 20.2. The Labute approximate surface area is 156 Å². The molecule has 0 saturated heterocycles. The number of fused-ring (bicyclic) bond motifs is 1. The van der Waals surface area contributed by atoms with E-state index in [9.17, 15) is 0 Å². The molecule has 4 rings (SSSR count). The van der Waals surface area contributed by atoms with Crippen LogP contribution in [-0.2, 0) is 5.75 Å². The number of methoxy groups -OCH3 is 1. The zero-order valence-corrected chi connectivity index (χ0v) is 15.4. The van der Waals surface area contributed by atoms with Crippen LogP contribution in [0.5, 0.6) is 5.75 Å². The number of aromatic nitrogens is 4. The lowest BCUT2D eigenvalue weighted by Gasteiger charge is -2.08. The van der Waals surface area contributed by atoms with Crippen molar-refractivity contribution in [3.05, 3.63) is 71.8 Å². The van der Waals surface area contributed by atoms with Crippen LogP contribution in [0.3, 0.4) is 0 Å². The molecule has 5 nitrogen and oxygen atoms in total. The highest BCUT2D eigenvalue weighted by molar-refractivity contribution is 7.98. The first kappa shape index (κ1) is 16.6. The van der Waals surface area contributed by atoms with Crippen molar-refractivity contribution in [2.45, 2.75) is 17.8 Å². The lowest BCUT2D eigenvalue weighted by Crippen LogP contribution is -1.98. The Morgan fingerprint density at radius 1 is 0.962 bits per heavy atom. The third-order valence-corrected chi connectivity index (χ3v) is 5.10. The van der Waals surface area contributed by atoms with Crippen molar-refractivity contribution in [3.63, 3.8) is 0 Å². The number of ether oxygens (including phenoxy) is 1. The summed E-state index contributed by atoms with van der Waals surface area (Å²) in [6.07, 6.45) is 0. The quantitative estimate of drug-likeness (QED) is 0.493. The molecule has 26 heavy (non-hydrogen) atoms. The number of hydrogen-bond donors (Lipinski definition) is 0. The van der Waals surface area contributed by atoms with Gasteiger partial charge in [0.25, 0.3) is 0 Å². The van der Waals surface area contributed by atoms with Crippen molar-refractivity contribution in [1.82, 2.24) is 19.8 Å². The monoisotopic (exact) mass is 362 g/mol. The lowest BCUT2D eigenvalue weighted by atomic mass is 10.1. The fourth-order valence-corrected chi connectivity index (χ4v) is 3.53. The zero-order valence-electron chi connectivity index (χ0n) is 14.6. The van der Waals surface area contributed by atoms with Gasteiger partial charge in [-0.2, -0.15) is 9.61 Å². The Hall–Kier alpha value is -2.86. The minimum atomic E-state index is 0.732. The fourth-order valence-electron chi connectivity index (χ4n) is 2.69. The van der Waals surface area contributed by atoms with E-state index in [1.54, 1.807) is 23.4 Å². The van der Waals surface area contributed by atoms with Crippen molar-refractivity contribution in [3.8, 4) is 17.0 Å². The molecule has 0 amide bonds. The van der Waals surface area contributed by atoms with E-state index >= 15 is 0 Å².